The van der Waals surface area contributed by atoms with Crippen molar-refractivity contribution in [3.05, 3.63) is 60.4 Å². The second kappa shape index (κ2) is 7.69. The first-order valence-corrected chi connectivity index (χ1v) is 8.14. The van der Waals surface area contributed by atoms with Crippen molar-refractivity contribution in [1.82, 2.24) is 20.1 Å². The first kappa shape index (κ1) is 19.4. The van der Waals surface area contributed by atoms with Crippen LogP contribution in [-0.4, -0.2) is 33.6 Å². The highest BCUT2D eigenvalue weighted by atomic mass is 19.4. The summed E-state index contributed by atoms with van der Waals surface area (Å²) in [4.78, 5) is 16.1. The Morgan fingerprint density at radius 3 is 2.61 bits per heavy atom. The molecule has 28 heavy (non-hydrogen) atoms. The van der Waals surface area contributed by atoms with Crippen LogP contribution in [0.25, 0.3) is 16.7 Å². The first-order chi connectivity index (χ1) is 13.3. The van der Waals surface area contributed by atoms with E-state index in [-0.39, 0.29) is 11.3 Å². The van der Waals surface area contributed by atoms with Gasteiger partial charge in [-0.05, 0) is 30.3 Å². The Labute approximate surface area is 157 Å². The summed E-state index contributed by atoms with van der Waals surface area (Å²) in [6.07, 6.45) is -1.68. The fourth-order valence-corrected chi connectivity index (χ4v) is 2.70. The number of fused-ring (bicyclic) bond motifs is 1. The average molecular weight is 391 g/mol. The van der Waals surface area contributed by atoms with E-state index in [4.69, 9.17) is 5.73 Å². The highest BCUT2D eigenvalue weighted by Crippen LogP contribution is 2.27. The quantitative estimate of drug-likeness (QED) is 0.477. The molecule has 10 heteroatoms. The molecule has 0 saturated carbocycles. The first-order valence-electron chi connectivity index (χ1n) is 8.14. The molecule has 3 N–H and O–H groups in total. The van der Waals surface area contributed by atoms with Crippen LogP contribution in [0.1, 0.15) is 16.1 Å². The van der Waals surface area contributed by atoms with E-state index in [1.807, 2.05) is 0 Å². The number of rotatable bonds is 7. The van der Waals surface area contributed by atoms with Crippen molar-refractivity contribution in [2.45, 2.75) is 12.9 Å². The third-order valence-electron chi connectivity index (χ3n) is 3.80. The zero-order valence-electron chi connectivity index (χ0n) is 14.5. The number of halogens is 3. The molecule has 0 radical (unpaired) electrons. The Morgan fingerprint density at radius 1 is 1.29 bits per heavy atom. The number of amides is 1. The van der Waals surface area contributed by atoms with Crippen molar-refractivity contribution in [2.75, 3.05) is 6.54 Å². The van der Waals surface area contributed by atoms with Gasteiger partial charge in [-0.1, -0.05) is 6.08 Å². The third-order valence-corrected chi connectivity index (χ3v) is 3.80. The number of ether oxygens (including phenoxy) is 1. The number of nitrogens with two attached hydrogens (primary N) is 1. The van der Waals surface area contributed by atoms with E-state index in [9.17, 15) is 18.0 Å². The van der Waals surface area contributed by atoms with Gasteiger partial charge in [0.1, 0.15) is 5.75 Å². The predicted molar refractivity (Wildman–Crippen MR) is 96.0 cm³/mol. The predicted octanol–water partition coefficient (Wildman–Crippen LogP) is 2.69. The smallest absolute Gasteiger partial charge is 0.406 e. The van der Waals surface area contributed by atoms with Gasteiger partial charge in [0, 0.05) is 19.3 Å². The molecule has 0 unspecified atom stereocenters. The molecule has 3 aromatic rings. The van der Waals surface area contributed by atoms with Gasteiger partial charge in [0.15, 0.2) is 5.65 Å². The van der Waals surface area contributed by atoms with Crippen LogP contribution in [0.5, 0.6) is 5.75 Å². The lowest BCUT2D eigenvalue weighted by atomic mass is 10.1. The summed E-state index contributed by atoms with van der Waals surface area (Å²) in [5.74, 6) is -0.989. The molecule has 7 nitrogen and oxygen atoms in total. The number of pyridine rings is 1. The summed E-state index contributed by atoms with van der Waals surface area (Å²) in [6.45, 7) is 4.45. The molecule has 0 fully saturated rings. The number of alkyl halides is 3. The normalized spacial score (nSPS) is 11.5. The number of benzene rings is 1. The molecule has 0 aliphatic carbocycles. The molecule has 2 aromatic heterocycles. The second-order valence-corrected chi connectivity index (χ2v) is 5.74. The second-order valence-electron chi connectivity index (χ2n) is 5.74. The standard InChI is InChI=1S/C18H16F3N5O2/c1-2-8-23-10-14-15-13(16(22)27)7-9-24-17(15)26(25-14)11-3-5-12(6-4-11)28-18(19,20)21/h2-7,9,23H,1,8,10H2,(H2,22,27). The van der Waals surface area contributed by atoms with Crippen molar-refractivity contribution in [3.8, 4) is 11.4 Å². The molecule has 2 heterocycles. The zero-order valence-corrected chi connectivity index (χ0v) is 14.5. The minimum Gasteiger partial charge on any atom is -0.406 e. The largest absolute Gasteiger partial charge is 0.573 e. The van der Waals surface area contributed by atoms with Crippen molar-refractivity contribution in [1.29, 1.82) is 0 Å². The van der Waals surface area contributed by atoms with Crippen molar-refractivity contribution >= 4 is 16.9 Å². The third kappa shape index (κ3) is 4.12. The van der Waals surface area contributed by atoms with Crippen molar-refractivity contribution in [3.63, 3.8) is 0 Å². The number of carbonyl (C=O) groups is 1. The molecular formula is C18H16F3N5O2. The number of nitrogens with zero attached hydrogens (tertiary/aromatic N) is 3. The molecule has 1 aromatic carbocycles. The molecule has 3 rings (SSSR count). The fraction of sp³-hybridized carbons (Fsp3) is 0.167. The Balaban J connectivity index is 2.07. The lowest BCUT2D eigenvalue weighted by Crippen LogP contribution is -2.17. The number of hydrogen-bond donors (Lipinski definition) is 2. The van der Waals surface area contributed by atoms with Crippen LogP contribution in [0.4, 0.5) is 13.2 Å². The average Bonchev–Trinajstić information content (AvgIpc) is 3.00. The summed E-state index contributed by atoms with van der Waals surface area (Å²) < 4.78 is 42.3. The molecule has 0 bridgehead atoms. The summed E-state index contributed by atoms with van der Waals surface area (Å²) in [5, 5.41) is 8.03. The van der Waals surface area contributed by atoms with Gasteiger partial charge in [-0.15, -0.1) is 19.8 Å². The molecular weight excluding hydrogens is 375 g/mol. The van der Waals surface area contributed by atoms with Crippen LogP contribution in [0, 0.1) is 0 Å². The maximum atomic E-state index is 12.3. The number of hydrogen-bond acceptors (Lipinski definition) is 5. The summed E-state index contributed by atoms with van der Waals surface area (Å²) >= 11 is 0. The molecule has 0 aliphatic heterocycles. The number of carbonyl (C=O) groups excluding carboxylic acids is 1. The van der Waals surface area contributed by atoms with E-state index in [1.165, 1.54) is 41.2 Å². The van der Waals surface area contributed by atoms with Crippen LogP contribution >= 0.6 is 0 Å². The van der Waals surface area contributed by atoms with Crippen LogP contribution in [0.2, 0.25) is 0 Å². The molecule has 1 amide bonds. The maximum absolute atomic E-state index is 12.3. The van der Waals surface area contributed by atoms with Gasteiger partial charge in [-0.2, -0.15) is 5.10 Å². The van der Waals surface area contributed by atoms with E-state index in [0.717, 1.165) is 0 Å². The number of nitrogens with one attached hydrogen (secondary N) is 1. The van der Waals surface area contributed by atoms with Gasteiger partial charge < -0.3 is 15.8 Å². The monoisotopic (exact) mass is 391 g/mol. The lowest BCUT2D eigenvalue weighted by molar-refractivity contribution is -0.274. The van der Waals surface area contributed by atoms with E-state index in [0.29, 0.717) is 35.5 Å². The highest BCUT2D eigenvalue weighted by molar-refractivity contribution is 6.05. The SMILES string of the molecule is C=CCNCc1nn(-c2ccc(OC(F)(F)F)cc2)c2nccc(C(N)=O)c12. The number of aromatic nitrogens is 3. The lowest BCUT2D eigenvalue weighted by Gasteiger charge is -2.09. The highest BCUT2D eigenvalue weighted by Gasteiger charge is 2.31. The van der Waals surface area contributed by atoms with E-state index in [1.54, 1.807) is 6.08 Å². The van der Waals surface area contributed by atoms with Gasteiger partial charge in [-0.25, -0.2) is 9.67 Å². The molecule has 146 valence electrons. The van der Waals surface area contributed by atoms with Gasteiger partial charge in [-0.3, -0.25) is 4.79 Å². The maximum Gasteiger partial charge on any atom is 0.573 e. The molecule has 0 saturated heterocycles. The Hall–Kier alpha value is -3.40. The Bertz CT molecular complexity index is 1010. The van der Waals surface area contributed by atoms with E-state index >= 15 is 0 Å². The summed E-state index contributed by atoms with van der Waals surface area (Å²) in [7, 11) is 0. The minimum atomic E-state index is -4.78. The summed E-state index contributed by atoms with van der Waals surface area (Å²) in [5.41, 5.74) is 7.05. The van der Waals surface area contributed by atoms with Gasteiger partial charge in [0.25, 0.3) is 0 Å². The van der Waals surface area contributed by atoms with Crippen LogP contribution in [-0.2, 0) is 6.54 Å². The van der Waals surface area contributed by atoms with Crippen LogP contribution < -0.4 is 15.8 Å². The zero-order chi connectivity index (χ0) is 20.3. The molecule has 0 aliphatic rings. The van der Waals surface area contributed by atoms with Crippen LogP contribution in [0.3, 0.4) is 0 Å². The van der Waals surface area contributed by atoms with E-state index in [2.05, 4.69) is 26.7 Å². The Kier molecular flexibility index (Phi) is 5.32. The van der Waals surface area contributed by atoms with Gasteiger partial charge >= 0.3 is 6.36 Å². The summed E-state index contributed by atoms with van der Waals surface area (Å²) in [6, 6.07) is 6.65. The number of primary amides is 1. The van der Waals surface area contributed by atoms with Crippen molar-refractivity contribution in [2.24, 2.45) is 5.73 Å². The van der Waals surface area contributed by atoms with Gasteiger partial charge in [0.05, 0.1) is 22.3 Å². The van der Waals surface area contributed by atoms with Crippen LogP contribution in [0.15, 0.2) is 49.2 Å². The molecule has 0 spiro atoms. The molecule has 0 atom stereocenters. The minimum absolute atomic E-state index is 0.253. The van der Waals surface area contributed by atoms with Gasteiger partial charge in [0.2, 0.25) is 5.91 Å². The topological polar surface area (TPSA) is 95.1 Å². The van der Waals surface area contributed by atoms with Crippen molar-refractivity contribution < 1.29 is 22.7 Å². The fourth-order valence-electron chi connectivity index (χ4n) is 2.70. The van der Waals surface area contributed by atoms with E-state index < -0.39 is 12.3 Å². The Morgan fingerprint density at radius 2 is 2.00 bits per heavy atom.